The van der Waals surface area contributed by atoms with Crippen LogP contribution in [0.4, 0.5) is 4.39 Å². The van der Waals surface area contributed by atoms with Crippen LogP contribution in [0.2, 0.25) is 5.02 Å². The molecule has 5 heteroatoms. The monoisotopic (exact) mass is 332 g/mol. The van der Waals surface area contributed by atoms with Crippen molar-refractivity contribution in [1.29, 1.82) is 0 Å². The predicted molar refractivity (Wildman–Crippen MR) is 71.6 cm³/mol. The highest BCUT2D eigenvalue weighted by Gasteiger charge is 2.18. The quantitative estimate of drug-likeness (QED) is 0.719. The Morgan fingerprint density at radius 1 is 1.35 bits per heavy atom. The summed E-state index contributed by atoms with van der Waals surface area (Å²) in [4.78, 5) is 13.0. The first kappa shape index (κ1) is 12.7. The van der Waals surface area contributed by atoms with Gasteiger partial charge in [-0.3, -0.25) is 4.79 Å². The minimum atomic E-state index is -0.593. The van der Waals surface area contributed by atoms with Gasteiger partial charge in [0.05, 0.1) is 9.35 Å². The van der Waals surface area contributed by atoms with Gasteiger partial charge in [-0.1, -0.05) is 11.6 Å². The lowest BCUT2D eigenvalue weighted by Gasteiger charge is -2.02. The van der Waals surface area contributed by atoms with Crippen molar-refractivity contribution < 1.29 is 9.18 Å². The second kappa shape index (κ2) is 4.88. The first-order valence-electron chi connectivity index (χ1n) is 4.74. The van der Waals surface area contributed by atoms with Crippen molar-refractivity contribution in [2.45, 2.75) is 6.92 Å². The SMILES string of the molecule is Cc1sc(Br)cc1C(=O)c1ccc(Cl)cc1F. The number of hydrogen-bond donors (Lipinski definition) is 0. The van der Waals surface area contributed by atoms with Gasteiger partial charge in [0.1, 0.15) is 5.82 Å². The minimum absolute atomic E-state index is 0.0443. The Kier molecular flexibility index (Phi) is 3.66. The summed E-state index contributed by atoms with van der Waals surface area (Å²) in [6.45, 7) is 1.83. The average Bonchev–Trinajstić information content (AvgIpc) is 2.57. The van der Waals surface area contributed by atoms with Gasteiger partial charge in [0.25, 0.3) is 0 Å². The zero-order chi connectivity index (χ0) is 12.6. The second-order valence-electron chi connectivity index (χ2n) is 3.47. The van der Waals surface area contributed by atoms with Crippen LogP contribution in [0.15, 0.2) is 28.1 Å². The summed E-state index contributed by atoms with van der Waals surface area (Å²) in [5.74, 6) is -0.914. The number of benzene rings is 1. The summed E-state index contributed by atoms with van der Waals surface area (Å²) in [7, 11) is 0. The molecule has 0 N–H and O–H groups in total. The number of hydrogen-bond acceptors (Lipinski definition) is 2. The van der Waals surface area contributed by atoms with E-state index in [9.17, 15) is 9.18 Å². The van der Waals surface area contributed by atoms with E-state index in [0.29, 0.717) is 5.56 Å². The van der Waals surface area contributed by atoms with Crippen molar-refractivity contribution in [3.05, 3.63) is 54.9 Å². The van der Waals surface area contributed by atoms with Crippen molar-refractivity contribution in [2.75, 3.05) is 0 Å². The Hall–Kier alpha value is -0.710. The molecule has 0 bridgehead atoms. The van der Waals surface area contributed by atoms with E-state index in [1.165, 1.54) is 23.5 Å². The van der Waals surface area contributed by atoms with Crippen LogP contribution < -0.4 is 0 Å². The Balaban J connectivity index is 2.47. The zero-order valence-electron chi connectivity index (χ0n) is 8.76. The van der Waals surface area contributed by atoms with E-state index in [-0.39, 0.29) is 16.4 Å². The zero-order valence-corrected chi connectivity index (χ0v) is 11.9. The second-order valence-corrected chi connectivity index (χ2v) is 6.55. The molecule has 0 aliphatic heterocycles. The van der Waals surface area contributed by atoms with Gasteiger partial charge in [-0.2, -0.15) is 0 Å². The molecule has 2 rings (SSSR count). The molecule has 0 aliphatic carbocycles. The van der Waals surface area contributed by atoms with Crippen molar-refractivity contribution in [3.8, 4) is 0 Å². The summed E-state index contributed by atoms with van der Waals surface area (Å²) >= 11 is 10.4. The minimum Gasteiger partial charge on any atom is -0.288 e. The van der Waals surface area contributed by atoms with Crippen LogP contribution in [-0.4, -0.2) is 5.78 Å². The Morgan fingerprint density at radius 2 is 2.06 bits per heavy atom. The normalized spacial score (nSPS) is 10.6. The van der Waals surface area contributed by atoms with Crippen LogP contribution in [0, 0.1) is 12.7 Å². The smallest absolute Gasteiger partial charge is 0.197 e. The molecule has 1 aromatic carbocycles. The third-order valence-corrected chi connectivity index (χ3v) is 4.10. The molecule has 0 aliphatic rings. The third-order valence-electron chi connectivity index (χ3n) is 2.31. The number of carbonyl (C=O) groups excluding carboxylic acids is 1. The fourth-order valence-electron chi connectivity index (χ4n) is 1.49. The number of thiophene rings is 1. The standard InChI is InChI=1S/C12H7BrClFOS/c1-6-9(5-11(13)17-6)12(16)8-3-2-7(14)4-10(8)15/h2-5H,1H3. The molecule has 0 atom stereocenters. The van der Waals surface area contributed by atoms with Crippen LogP contribution in [0.1, 0.15) is 20.8 Å². The molecule has 0 fully saturated rings. The van der Waals surface area contributed by atoms with Gasteiger partial charge in [-0.05, 0) is 47.1 Å². The highest BCUT2D eigenvalue weighted by Crippen LogP contribution is 2.29. The van der Waals surface area contributed by atoms with Gasteiger partial charge < -0.3 is 0 Å². The molecule has 0 spiro atoms. The first-order valence-corrected chi connectivity index (χ1v) is 6.73. The number of halogens is 3. The molecule has 1 aromatic heterocycles. The van der Waals surface area contributed by atoms with E-state index >= 15 is 0 Å². The molecular weight excluding hydrogens is 327 g/mol. The molecule has 17 heavy (non-hydrogen) atoms. The van der Waals surface area contributed by atoms with Gasteiger partial charge in [-0.15, -0.1) is 11.3 Å². The molecule has 1 nitrogen and oxygen atoms in total. The highest BCUT2D eigenvalue weighted by atomic mass is 79.9. The summed E-state index contributed by atoms with van der Waals surface area (Å²) < 4.78 is 14.5. The maximum absolute atomic E-state index is 13.6. The number of rotatable bonds is 2. The highest BCUT2D eigenvalue weighted by molar-refractivity contribution is 9.11. The predicted octanol–water partition coefficient (Wildman–Crippen LogP) is 4.84. The summed E-state index contributed by atoms with van der Waals surface area (Å²) in [5, 5.41) is 0.280. The molecule has 2 aromatic rings. The van der Waals surface area contributed by atoms with Crippen molar-refractivity contribution in [3.63, 3.8) is 0 Å². The molecule has 1 heterocycles. The van der Waals surface area contributed by atoms with Crippen LogP contribution in [0.3, 0.4) is 0 Å². The molecule has 0 saturated carbocycles. The third kappa shape index (κ3) is 2.59. The lowest BCUT2D eigenvalue weighted by molar-refractivity contribution is 0.103. The van der Waals surface area contributed by atoms with E-state index in [1.54, 1.807) is 6.07 Å². The molecule has 0 radical (unpaired) electrons. The lowest BCUT2D eigenvalue weighted by atomic mass is 10.0. The number of carbonyl (C=O) groups is 1. The van der Waals surface area contributed by atoms with Gasteiger partial charge in [0.2, 0.25) is 0 Å². The summed E-state index contributed by atoms with van der Waals surface area (Å²) in [6, 6.07) is 5.77. The van der Waals surface area contributed by atoms with E-state index in [1.807, 2.05) is 6.92 Å². The van der Waals surface area contributed by atoms with Gasteiger partial charge in [0, 0.05) is 15.5 Å². The van der Waals surface area contributed by atoms with Crippen molar-refractivity contribution >= 4 is 44.7 Å². The number of aryl methyl sites for hydroxylation is 1. The molecule has 88 valence electrons. The fraction of sp³-hybridized carbons (Fsp3) is 0.0833. The Bertz CT molecular complexity index is 594. The fourth-order valence-corrected chi connectivity index (χ4v) is 3.34. The maximum Gasteiger partial charge on any atom is 0.197 e. The Labute approximate surface area is 115 Å². The molecule has 0 amide bonds. The molecular formula is C12H7BrClFOS. The van der Waals surface area contributed by atoms with E-state index in [4.69, 9.17) is 11.6 Å². The van der Waals surface area contributed by atoms with Crippen LogP contribution >= 0.6 is 38.9 Å². The molecule has 0 unspecified atom stereocenters. The first-order chi connectivity index (χ1) is 7.99. The van der Waals surface area contributed by atoms with Gasteiger partial charge in [0.15, 0.2) is 5.78 Å². The van der Waals surface area contributed by atoms with Gasteiger partial charge >= 0.3 is 0 Å². The maximum atomic E-state index is 13.6. The van der Waals surface area contributed by atoms with E-state index in [2.05, 4.69) is 15.9 Å². The van der Waals surface area contributed by atoms with Crippen molar-refractivity contribution in [1.82, 2.24) is 0 Å². The van der Waals surface area contributed by atoms with Crippen LogP contribution in [-0.2, 0) is 0 Å². The molecule has 0 saturated heterocycles. The topological polar surface area (TPSA) is 17.1 Å². The Morgan fingerprint density at radius 3 is 2.59 bits per heavy atom. The van der Waals surface area contributed by atoms with Gasteiger partial charge in [-0.25, -0.2) is 4.39 Å². The van der Waals surface area contributed by atoms with E-state index in [0.717, 1.165) is 14.7 Å². The largest absolute Gasteiger partial charge is 0.288 e. The number of ketones is 1. The average molecular weight is 334 g/mol. The summed E-state index contributed by atoms with van der Waals surface area (Å²) in [5.41, 5.74) is 0.561. The van der Waals surface area contributed by atoms with Crippen LogP contribution in [0.25, 0.3) is 0 Å². The summed E-state index contributed by atoms with van der Waals surface area (Å²) in [6.07, 6.45) is 0. The van der Waals surface area contributed by atoms with Crippen LogP contribution in [0.5, 0.6) is 0 Å². The lowest BCUT2D eigenvalue weighted by Crippen LogP contribution is -2.04. The van der Waals surface area contributed by atoms with E-state index < -0.39 is 5.82 Å². The van der Waals surface area contributed by atoms with Crippen molar-refractivity contribution in [2.24, 2.45) is 0 Å².